The van der Waals surface area contributed by atoms with E-state index in [9.17, 15) is 9.59 Å². The molecular weight excluding hydrogens is 368 g/mol. The largest absolute Gasteiger partial charge is 0.326 e. The van der Waals surface area contributed by atoms with Crippen LogP contribution in [0.1, 0.15) is 28.5 Å². The Balaban J connectivity index is 1.44. The summed E-state index contributed by atoms with van der Waals surface area (Å²) in [7, 11) is 0. The van der Waals surface area contributed by atoms with Crippen LogP contribution in [0.3, 0.4) is 0 Å². The third-order valence-electron chi connectivity index (χ3n) is 4.29. The molecule has 0 radical (unpaired) electrons. The first-order valence-corrected chi connectivity index (χ1v) is 9.35. The molecule has 0 aliphatic rings. The molecular formula is C21H24N6O2. The van der Waals surface area contributed by atoms with E-state index < -0.39 is 0 Å². The van der Waals surface area contributed by atoms with E-state index in [2.05, 4.69) is 26.3 Å². The van der Waals surface area contributed by atoms with Crippen molar-refractivity contribution in [3.63, 3.8) is 0 Å². The summed E-state index contributed by atoms with van der Waals surface area (Å²) in [5, 5.41) is 16.9. The highest BCUT2D eigenvalue weighted by Gasteiger charge is 2.11. The third kappa shape index (κ3) is 5.98. The Kier molecular flexibility index (Phi) is 6.70. The third-order valence-corrected chi connectivity index (χ3v) is 4.29. The number of nitrogens with one attached hydrogen (secondary N) is 3. The van der Waals surface area contributed by atoms with E-state index in [1.54, 1.807) is 10.9 Å². The topological polar surface area (TPSA) is 101 Å². The Morgan fingerprint density at radius 3 is 2.52 bits per heavy atom. The van der Waals surface area contributed by atoms with Crippen LogP contribution in [0.5, 0.6) is 0 Å². The van der Waals surface area contributed by atoms with Gasteiger partial charge in [-0.15, -0.1) is 5.10 Å². The van der Waals surface area contributed by atoms with Gasteiger partial charge < -0.3 is 16.0 Å². The molecule has 0 saturated carbocycles. The molecule has 0 spiro atoms. The number of rotatable bonds is 8. The van der Waals surface area contributed by atoms with Crippen molar-refractivity contribution in [2.24, 2.45) is 0 Å². The maximum Gasteiger partial charge on any atom is 0.277 e. The zero-order valence-corrected chi connectivity index (χ0v) is 16.5. The van der Waals surface area contributed by atoms with E-state index in [1.807, 2.05) is 55.5 Å². The normalized spacial score (nSPS) is 10.6. The zero-order chi connectivity index (χ0) is 20.6. The average Bonchev–Trinajstić information content (AvgIpc) is 3.17. The molecule has 8 heteroatoms. The monoisotopic (exact) mass is 392 g/mol. The molecule has 0 fully saturated rings. The van der Waals surface area contributed by atoms with Crippen molar-refractivity contribution in [2.75, 3.05) is 17.2 Å². The van der Waals surface area contributed by atoms with Crippen molar-refractivity contribution < 1.29 is 9.59 Å². The number of aromatic nitrogens is 3. The van der Waals surface area contributed by atoms with E-state index >= 15 is 0 Å². The number of para-hydroxylation sites is 1. The molecule has 0 saturated heterocycles. The predicted octanol–water partition coefficient (Wildman–Crippen LogP) is 2.59. The van der Waals surface area contributed by atoms with Gasteiger partial charge in [-0.1, -0.05) is 35.5 Å². The molecule has 3 N–H and O–H groups in total. The van der Waals surface area contributed by atoms with Gasteiger partial charge in [0.25, 0.3) is 5.91 Å². The molecule has 1 heterocycles. The van der Waals surface area contributed by atoms with E-state index in [0.717, 1.165) is 22.5 Å². The van der Waals surface area contributed by atoms with E-state index in [-0.39, 0.29) is 17.5 Å². The second-order valence-electron chi connectivity index (χ2n) is 6.69. The molecule has 3 aromatic rings. The van der Waals surface area contributed by atoms with Gasteiger partial charge in [0.2, 0.25) is 5.91 Å². The number of nitrogens with zero attached hydrogens (tertiary/aromatic N) is 3. The van der Waals surface area contributed by atoms with Gasteiger partial charge in [-0.2, -0.15) is 0 Å². The van der Waals surface area contributed by atoms with Gasteiger partial charge in [0, 0.05) is 31.4 Å². The van der Waals surface area contributed by atoms with Crippen molar-refractivity contribution in [3.05, 3.63) is 71.5 Å². The quantitative estimate of drug-likeness (QED) is 0.512. The van der Waals surface area contributed by atoms with Gasteiger partial charge in [-0.05, 0) is 36.2 Å². The summed E-state index contributed by atoms with van der Waals surface area (Å²) < 4.78 is 1.64. The molecule has 2 aromatic carbocycles. The Morgan fingerprint density at radius 1 is 1.03 bits per heavy atom. The van der Waals surface area contributed by atoms with Crippen LogP contribution in [0, 0.1) is 6.92 Å². The van der Waals surface area contributed by atoms with Crippen LogP contribution in [0.25, 0.3) is 0 Å². The second-order valence-corrected chi connectivity index (χ2v) is 6.69. The molecule has 29 heavy (non-hydrogen) atoms. The number of benzene rings is 2. The fourth-order valence-electron chi connectivity index (χ4n) is 2.75. The zero-order valence-electron chi connectivity index (χ0n) is 16.5. The van der Waals surface area contributed by atoms with Crippen molar-refractivity contribution in [2.45, 2.75) is 26.9 Å². The lowest BCUT2D eigenvalue weighted by atomic mass is 10.2. The molecule has 0 aliphatic carbocycles. The number of amides is 2. The Labute approximate surface area is 169 Å². The van der Waals surface area contributed by atoms with Gasteiger partial charge in [-0.3, -0.25) is 14.3 Å². The molecule has 0 aliphatic heterocycles. The Morgan fingerprint density at radius 2 is 1.79 bits per heavy atom. The van der Waals surface area contributed by atoms with E-state index in [4.69, 9.17) is 0 Å². The molecule has 8 nitrogen and oxygen atoms in total. The van der Waals surface area contributed by atoms with Crippen molar-refractivity contribution in [1.29, 1.82) is 0 Å². The standard InChI is InChI=1S/C21H24N6O2/c1-15-5-3-4-6-19(15)24-21(29)20-14-27(26-25-20)12-11-22-13-17-7-9-18(10-8-17)23-16(2)28/h3-10,14,22H,11-13H2,1-2H3,(H,23,28)(H,24,29). The maximum absolute atomic E-state index is 12.3. The fraction of sp³-hybridized carbons (Fsp3) is 0.238. The Hall–Kier alpha value is -3.52. The number of anilines is 2. The van der Waals surface area contributed by atoms with E-state index in [1.165, 1.54) is 6.92 Å². The van der Waals surface area contributed by atoms with Crippen LogP contribution >= 0.6 is 0 Å². The lowest BCUT2D eigenvalue weighted by Gasteiger charge is -2.07. The number of carbonyl (C=O) groups is 2. The van der Waals surface area contributed by atoms with Gasteiger partial charge >= 0.3 is 0 Å². The van der Waals surface area contributed by atoms with E-state index in [0.29, 0.717) is 19.6 Å². The maximum atomic E-state index is 12.3. The average molecular weight is 392 g/mol. The number of hydrogen-bond acceptors (Lipinski definition) is 5. The summed E-state index contributed by atoms with van der Waals surface area (Å²) in [6.45, 7) is 5.38. The first-order valence-electron chi connectivity index (χ1n) is 9.35. The van der Waals surface area contributed by atoms with Crippen molar-refractivity contribution in [1.82, 2.24) is 20.3 Å². The Bertz CT molecular complexity index is 981. The first-order chi connectivity index (χ1) is 14.0. The van der Waals surface area contributed by atoms with Crippen LogP contribution in [0.2, 0.25) is 0 Å². The van der Waals surface area contributed by atoms with Gasteiger partial charge in [0.1, 0.15) is 0 Å². The van der Waals surface area contributed by atoms with Crippen LogP contribution in [-0.4, -0.2) is 33.4 Å². The lowest BCUT2D eigenvalue weighted by Crippen LogP contribution is -2.20. The molecule has 2 amide bonds. The van der Waals surface area contributed by atoms with Crippen LogP contribution in [0.15, 0.2) is 54.7 Å². The van der Waals surface area contributed by atoms with Crippen molar-refractivity contribution in [3.8, 4) is 0 Å². The van der Waals surface area contributed by atoms with Crippen molar-refractivity contribution >= 4 is 23.2 Å². The molecule has 150 valence electrons. The summed E-state index contributed by atoms with van der Waals surface area (Å²) in [4.78, 5) is 23.4. The SMILES string of the molecule is CC(=O)Nc1ccc(CNCCn2cc(C(=O)Nc3ccccc3C)nn2)cc1. The second kappa shape index (κ2) is 9.61. The summed E-state index contributed by atoms with van der Waals surface area (Å²) in [6, 6.07) is 15.2. The highest BCUT2D eigenvalue weighted by Crippen LogP contribution is 2.14. The predicted molar refractivity (Wildman–Crippen MR) is 112 cm³/mol. The van der Waals surface area contributed by atoms with Crippen LogP contribution < -0.4 is 16.0 Å². The van der Waals surface area contributed by atoms with Crippen LogP contribution in [-0.2, 0) is 17.9 Å². The summed E-state index contributed by atoms with van der Waals surface area (Å²) in [6.07, 6.45) is 1.64. The lowest BCUT2D eigenvalue weighted by molar-refractivity contribution is -0.114. The first kappa shape index (κ1) is 20.2. The fourth-order valence-corrected chi connectivity index (χ4v) is 2.75. The van der Waals surface area contributed by atoms with Gasteiger partial charge in [0.15, 0.2) is 5.69 Å². The minimum atomic E-state index is -0.280. The number of aryl methyl sites for hydroxylation is 1. The summed E-state index contributed by atoms with van der Waals surface area (Å²) in [5.41, 5.74) is 3.92. The molecule has 3 rings (SSSR count). The van der Waals surface area contributed by atoms with Crippen LogP contribution in [0.4, 0.5) is 11.4 Å². The number of hydrogen-bond donors (Lipinski definition) is 3. The summed E-state index contributed by atoms with van der Waals surface area (Å²) in [5.74, 6) is -0.367. The smallest absolute Gasteiger partial charge is 0.277 e. The highest BCUT2D eigenvalue weighted by atomic mass is 16.2. The molecule has 0 atom stereocenters. The van der Waals surface area contributed by atoms with Gasteiger partial charge in [-0.25, -0.2) is 0 Å². The minimum Gasteiger partial charge on any atom is -0.326 e. The summed E-state index contributed by atoms with van der Waals surface area (Å²) >= 11 is 0. The highest BCUT2D eigenvalue weighted by molar-refractivity contribution is 6.03. The minimum absolute atomic E-state index is 0.0874. The molecule has 0 unspecified atom stereocenters. The van der Waals surface area contributed by atoms with Gasteiger partial charge in [0.05, 0.1) is 12.7 Å². The molecule has 1 aromatic heterocycles. The molecule has 0 bridgehead atoms. The number of carbonyl (C=O) groups excluding carboxylic acids is 2.